The van der Waals surface area contributed by atoms with Crippen molar-refractivity contribution in [2.24, 2.45) is 0 Å². The van der Waals surface area contributed by atoms with Crippen molar-refractivity contribution in [3.8, 4) is 5.75 Å². The summed E-state index contributed by atoms with van der Waals surface area (Å²) < 4.78 is 25.1. The van der Waals surface area contributed by atoms with Crippen LogP contribution < -0.4 is 4.74 Å². The maximum Gasteiger partial charge on any atom is 0.242 e. The third-order valence-corrected chi connectivity index (χ3v) is 7.96. The summed E-state index contributed by atoms with van der Waals surface area (Å²) in [5.41, 5.74) is 2.00. The predicted molar refractivity (Wildman–Crippen MR) is 140 cm³/mol. The molecule has 2 aliphatic rings. The molecule has 2 atom stereocenters. The summed E-state index contributed by atoms with van der Waals surface area (Å²) in [6.45, 7) is 1.91. The molecule has 2 amide bonds. The number of nitrogens with zero attached hydrogens (tertiary/aromatic N) is 2. The Morgan fingerprint density at radius 2 is 1.92 bits per heavy atom. The van der Waals surface area contributed by atoms with E-state index in [0.29, 0.717) is 25.4 Å². The standard InChI is InChI=1S/C29H31FN2O4S/c30-22-8-10-23(11-9-22)36-20-26-25-13-16-37-27(25)12-14-32(26)29(34)19-31(18-24-7-4-15-35-24)28(33)17-21-5-2-1-3-6-21/h1-3,5-6,8-11,13,16,24,26H,4,7,12,14-15,17-20H2/t24-,26+/m1/s1. The van der Waals surface area contributed by atoms with Gasteiger partial charge < -0.3 is 19.3 Å². The molecule has 37 heavy (non-hydrogen) atoms. The monoisotopic (exact) mass is 522 g/mol. The maximum atomic E-state index is 13.7. The smallest absolute Gasteiger partial charge is 0.242 e. The van der Waals surface area contributed by atoms with Gasteiger partial charge in [0, 0.05) is 24.6 Å². The second-order valence-electron chi connectivity index (χ2n) is 9.49. The minimum atomic E-state index is -0.326. The number of hydrogen-bond acceptors (Lipinski definition) is 5. The van der Waals surface area contributed by atoms with Crippen molar-refractivity contribution in [2.75, 3.05) is 32.8 Å². The second-order valence-corrected chi connectivity index (χ2v) is 10.5. The van der Waals surface area contributed by atoms with E-state index in [1.54, 1.807) is 28.4 Å². The highest BCUT2D eigenvalue weighted by molar-refractivity contribution is 7.10. The van der Waals surface area contributed by atoms with Gasteiger partial charge >= 0.3 is 0 Å². The minimum absolute atomic E-state index is 0.00194. The molecule has 0 unspecified atom stereocenters. The van der Waals surface area contributed by atoms with Gasteiger partial charge in [0.05, 0.1) is 25.1 Å². The first-order valence-corrected chi connectivity index (χ1v) is 13.6. The Morgan fingerprint density at radius 1 is 1.11 bits per heavy atom. The molecule has 6 nitrogen and oxygen atoms in total. The van der Waals surface area contributed by atoms with E-state index < -0.39 is 0 Å². The fourth-order valence-electron chi connectivity index (χ4n) is 5.01. The molecule has 1 saturated heterocycles. The van der Waals surface area contributed by atoms with E-state index in [0.717, 1.165) is 30.4 Å². The lowest BCUT2D eigenvalue weighted by Crippen LogP contribution is -2.49. The van der Waals surface area contributed by atoms with Gasteiger partial charge in [-0.05, 0) is 66.1 Å². The SMILES string of the molecule is O=C(Cc1ccccc1)N(CC(=O)N1CCc2sccc2[C@@H]1COc1ccc(F)cc1)C[C@H]1CCCO1. The van der Waals surface area contributed by atoms with Crippen LogP contribution in [0.25, 0.3) is 0 Å². The van der Waals surface area contributed by atoms with Crippen LogP contribution in [0.1, 0.15) is 34.9 Å². The molecule has 0 N–H and O–H groups in total. The van der Waals surface area contributed by atoms with Gasteiger partial charge in [0.1, 0.15) is 18.2 Å². The zero-order valence-corrected chi connectivity index (χ0v) is 21.5. The van der Waals surface area contributed by atoms with Crippen LogP contribution in [0.4, 0.5) is 4.39 Å². The first kappa shape index (κ1) is 25.4. The lowest BCUT2D eigenvalue weighted by molar-refractivity contribution is -0.143. The number of thiophene rings is 1. The fourth-order valence-corrected chi connectivity index (χ4v) is 5.93. The number of fused-ring (bicyclic) bond motifs is 1. The summed E-state index contributed by atoms with van der Waals surface area (Å²) in [7, 11) is 0. The van der Waals surface area contributed by atoms with Crippen LogP contribution in [0.15, 0.2) is 66.0 Å². The lowest BCUT2D eigenvalue weighted by atomic mass is 10.00. The number of halogens is 1. The number of benzene rings is 2. The third-order valence-electron chi connectivity index (χ3n) is 6.96. The van der Waals surface area contributed by atoms with E-state index in [4.69, 9.17) is 9.47 Å². The van der Waals surface area contributed by atoms with Crippen molar-refractivity contribution in [3.05, 3.63) is 87.9 Å². The van der Waals surface area contributed by atoms with E-state index in [-0.39, 0.29) is 49.3 Å². The molecule has 194 valence electrons. The van der Waals surface area contributed by atoms with E-state index in [2.05, 4.69) is 0 Å². The van der Waals surface area contributed by atoms with Crippen molar-refractivity contribution < 1.29 is 23.5 Å². The van der Waals surface area contributed by atoms with Crippen molar-refractivity contribution in [3.63, 3.8) is 0 Å². The van der Waals surface area contributed by atoms with E-state index in [1.165, 1.54) is 17.0 Å². The molecule has 0 spiro atoms. The van der Waals surface area contributed by atoms with E-state index in [9.17, 15) is 14.0 Å². The summed E-state index contributed by atoms with van der Waals surface area (Å²) in [5.74, 6) is 0.0361. The van der Waals surface area contributed by atoms with Gasteiger partial charge in [0.25, 0.3) is 0 Å². The van der Waals surface area contributed by atoms with Crippen LogP contribution >= 0.6 is 11.3 Å². The Labute approximate surface area is 220 Å². The molecule has 0 aliphatic carbocycles. The zero-order chi connectivity index (χ0) is 25.6. The molecule has 2 aromatic carbocycles. The summed E-state index contributed by atoms with van der Waals surface area (Å²) in [6.07, 6.45) is 2.83. The summed E-state index contributed by atoms with van der Waals surface area (Å²) in [5, 5.41) is 2.04. The van der Waals surface area contributed by atoms with Crippen molar-refractivity contribution >= 4 is 23.2 Å². The van der Waals surface area contributed by atoms with Gasteiger partial charge in [0.15, 0.2) is 0 Å². The highest BCUT2D eigenvalue weighted by atomic mass is 32.1. The Hall–Kier alpha value is -3.23. The number of rotatable bonds is 9. The zero-order valence-electron chi connectivity index (χ0n) is 20.7. The Balaban J connectivity index is 1.31. The highest BCUT2D eigenvalue weighted by Crippen LogP contribution is 2.34. The van der Waals surface area contributed by atoms with Crippen LogP contribution in [-0.4, -0.2) is 60.6 Å². The Bertz CT molecular complexity index is 1190. The van der Waals surface area contributed by atoms with Gasteiger partial charge in [-0.3, -0.25) is 9.59 Å². The molecular weight excluding hydrogens is 491 g/mol. The number of amides is 2. The van der Waals surface area contributed by atoms with Gasteiger partial charge in [-0.15, -0.1) is 11.3 Å². The molecule has 2 aliphatic heterocycles. The van der Waals surface area contributed by atoms with Crippen LogP contribution in [-0.2, 0) is 27.2 Å². The van der Waals surface area contributed by atoms with Gasteiger partial charge in [-0.2, -0.15) is 0 Å². The molecule has 3 heterocycles. The molecule has 5 rings (SSSR count). The Morgan fingerprint density at radius 3 is 2.68 bits per heavy atom. The topological polar surface area (TPSA) is 59.1 Å². The van der Waals surface area contributed by atoms with Crippen molar-refractivity contribution in [1.29, 1.82) is 0 Å². The van der Waals surface area contributed by atoms with Crippen LogP contribution in [0.5, 0.6) is 5.75 Å². The Kier molecular flexibility index (Phi) is 8.16. The average molecular weight is 523 g/mol. The first-order chi connectivity index (χ1) is 18.1. The first-order valence-electron chi connectivity index (χ1n) is 12.7. The van der Waals surface area contributed by atoms with Gasteiger partial charge in [-0.1, -0.05) is 30.3 Å². The number of hydrogen-bond donors (Lipinski definition) is 0. The van der Waals surface area contributed by atoms with Gasteiger partial charge in [0.2, 0.25) is 11.8 Å². The fraction of sp³-hybridized carbons (Fsp3) is 0.379. The molecule has 1 aromatic heterocycles. The average Bonchev–Trinajstić information content (AvgIpc) is 3.60. The number of carbonyl (C=O) groups excluding carboxylic acids is 2. The quantitative estimate of drug-likeness (QED) is 0.411. The largest absolute Gasteiger partial charge is 0.491 e. The molecule has 0 radical (unpaired) electrons. The highest BCUT2D eigenvalue weighted by Gasteiger charge is 2.34. The second kappa shape index (κ2) is 11.9. The molecule has 8 heteroatoms. The summed E-state index contributed by atoms with van der Waals surface area (Å²) >= 11 is 1.68. The lowest BCUT2D eigenvalue weighted by Gasteiger charge is -2.37. The molecule has 1 fully saturated rings. The summed E-state index contributed by atoms with van der Waals surface area (Å²) in [6, 6.07) is 17.3. The van der Waals surface area contributed by atoms with Crippen LogP contribution in [0.2, 0.25) is 0 Å². The molecule has 3 aromatic rings. The summed E-state index contributed by atoms with van der Waals surface area (Å²) in [4.78, 5) is 31.8. The third kappa shape index (κ3) is 6.37. The molecule has 0 saturated carbocycles. The van der Waals surface area contributed by atoms with Crippen molar-refractivity contribution in [2.45, 2.75) is 37.8 Å². The predicted octanol–water partition coefficient (Wildman–Crippen LogP) is 4.64. The van der Waals surface area contributed by atoms with Gasteiger partial charge in [-0.25, -0.2) is 4.39 Å². The van der Waals surface area contributed by atoms with E-state index in [1.807, 2.05) is 46.7 Å². The molecule has 0 bridgehead atoms. The van der Waals surface area contributed by atoms with Crippen molar-refractivity contribution in [1.82, 2.24) is 9.80 Å². The number of carbonyl (C=O) groups is 2. The number of ether oxygens (including phenoxy) is 2. The minimum Gasteiger partial charge on any atom is -0.491 e. The van der Waals surface area contributed by atoms with E-state index >= 15 is 0 Å². The maximum absolute atomic E-state index is 13.7. The van der Waals surface area contributed by atoms with Crippen LogP contribution in [0, 0.1) is 5.82 Å². The molecular formula is C29H31FN2O4S. The normalized spacial score (nSPS) is 18.9. The van der Waals surface area contributed by atoms with Crippen LogP contribution in [0.3, 0.4) is 0 Å².